The number of hydrogen-bond acceptors (Lipinski definition) is 1. The Bertz CT molecular complexity index is 2140. The highest BCUT2D eigenvalue weighted by molar-refractivity contribution is 7.25. The predicted octanol–water partition coefficient (Wildman–Crippen LogP) is 11.7. The largest absolute Gasteiger partial charge is 0.135 e. The summed E-state index contributed by atoms with van der Waals surface area (Å²) < 4.78 is 2.68. The van der Waals surface area contributed by atoms with Gasteiger partial charge in [-0.25, -0.2) is 0 Å². The van der Waals surface area contributed by atoms with Crippen LogP contribution in [0.3, 0.4) is 0 Å². The molecule has 0 fully saturated rings. The van der Waals surface area contributed by atoms with Gasteiger partial charge in [-0.3, -0.25) is 0 Å². The molecule has 40 heavy (non-hydrogen) atoms. The van der Waals surface area contributed by atoms with Crippen LogP contribution in [0.25, 0.3) is 69.5 Å². The summed E-state index contributed by atoms with van der Waals surface area (Å²) in [6.45, 7) is 2.32. The normalized spacial score (nSPS) is 15.3. The average Bonchev–Trinajstić information content (AvgIpc) is 3.39. The van der Waals surface area contributed by atoms with Crippen LogP contribution in [0.4, 0.5) is 0 Å². The standard InChI is InChI=1S/C39H28S/c1-25-11-9-14-28(23-25)38-31-16-6-5-15-30(31)37(26-12-3-2-4-13-26)32-22-21-27(24-34(32)38)29-18-10-20-36-39(29)33-17-7-8-19-35(33)40-36/h2-10,12-25H,11H2,1H3. The Morgan fingerprint density at radius 3 is 2.10 bits per heavy atom. The lowest BCUT2D eigenvalue weighted by molar-refractivity contribution is 0.740. The van der Waals surface area contributed by atoms with Gasteiger partial charge in [-0.1, -0.05) is 122 Å². The van der Waals surface area contributed by atoms with E-state index in [0.717, 1.165) is 6.42 Å². The summed E-state index contributed by atoms with van der Waals surface area (Å²) in [6, 6.07) is 42.6. The zero-order chi connectivity index (χ0) is 26.6. The minimum absolute atomic E-state index is 0.525. The van der Waals surface area contributed by atoms with E-state index in [2.05, 4.69) is 140 Å². The third-order valence-corrected chi connectivity index (χ3v) is 9.49. The second-order valence-electron chi connectivity index (χ2n) is 10.9. The summed E-state index contributed by atoms with van der Waals surface area (Å²) in [4.78, 5) is 0. The molecule has 7 aromatic rings. The molecule has 0 saturated heterocycles. The summed E-state index contributed by atoms with van der Waals surface area (Å²) in [5.74, 6) is 0.525. The first-order chi connectivity index (χ1) is 19.8. The second kappa shape index (κ2) is 9.33. The molecule has 0 amide bonds. The molecule has 0 spiro atoms. The van der Waals surface area contributed by atoms with E-state index in [1.165, 1.54) is 75.1 Å². The van der Waals surface area contributed by atoms with Gasteiger partial charge in [0.15, 0.2) is 0 Å². The molecule has 1 aliphatic rings. The first kappa shape index (κ1) is 23.4. The van der Waals surface area contributed by atoms with Crippen LogP contribution in [0.2, 0.25) is 0 Å². The van der Waals surface area contributed by atoms with Gasteiger partial charge in [0, 0.05) is 20.2 Å². The minimum atomic E-state index is 0.525. The van der Waals surface area contributed by atoms with Crippen LogP contribution in [-0.2, 0) is 0 Å². The van der Waals surface area contributed by atoms with E-state index in [1.54, 1.807) is 0 Å². The van der Waals surface area contributed by atoms with Crippen LogP contribution < -0.4 is 0 Å². The Balaban J connectivity index is 1.51. The molecule has 6 aromatic carbocycles. The number of thiophene rings is 1. The van der Waals surface area contributed by atoms with E-state index >= 15 is 0 Å². The third-order valence-electron chi connectivity index (χ3n) is 8.36. The molecule has 0 nitrogen and oxygen atoms in total. The Morgan fingerprint density at radius 2 is 1.27 bits per heavy atom. The van der Waals surface area contributed by atoms with Crippen molar-refractivity contribution < 1.29 is 0 Å². The Hall–Kier alpha value is -4.46. The highest BCUT2D eigenvalue weighted by Crippen LogP contribution is 2.46. The van der Waals surface area contributed by atoms with Crippen LogP contribution in [0, 0.1) is 5.92 Å². The molecule has 0 radical (unpaired) electrons. The lowest BCUT2D eigenvalue weighted by atomic mass is 9.82. The summed E-state index contributed by atoms with van der Waals surface area (Å²) >= 11 is 1.88. The van der Waals surface area contributed by atoms with Gasteiger partial charge in [-0.05, 0) is 85.5 Å². The highest BCUT2D eigenvalue weighted by Gasteiger charge is 2.20. The lowest BCUT2D eigenvalue weighted by Crippen LogP contribution is -1.98. The third kappa shape index (κ3) is 3.66. The minimum Gasteiger partial charge on any atom is -0.135 e. The maximum atomic E-state index is 2.46. The molecule has 1 aliphatic carbocycles. The van der Waals surface area contributed by atoms with Crippen molar-refractivity contribution in [1.82, 2.24) is 0 Å². The molecule has 0 bridgehead atoms. The van der Waals surface area contributed by atoms with Gasteiger partial charge in [0.25, 0.3) is 0 Å². The van der Waals surface area contributed by atoms with Gasteiger partial charge in [0.1, 0.15) is 0 Å². The van der Waals surface area contributed by atoms with Crippen LogP contribution >= 0.6 is 11.3 Å². The number of fused-ring (bicyclic) bond motifs is 5. The molecule has 1 heteroatoms. The van der Waals surface area contributed by atoms with Gasteiger partial charge in [-0.15, -0.1) is 11.3 Å². The molecule has 1 aromatic heterocycles. The van der Waals surface area contributed by atoms with Crippen molar-refractivity contribution in [2.75, 3.05) is 0 Å². The smallest absolute Gasteiger partial charge is 0.0361 e. The second-order valence-corrected chi connectivity index (χ2v) is 12.0. The van der Waals surface area contributed by atoms with Crippen molar-refractivity contribution in [3.05, 3.63) is 139 Å². The molecule has 8 rings (SSSR count). The van der Waals surface area contributed by atoms with Crippen molar-refractivity contribution in [2.24, 2.45) is 5.92 Å². The first-order valence-electron chi connectivity index (χ1n) is 14.1. The van der Waals surface area contributed by atoms with E-state index in [-0.39, 0.29) is 0 Å². The maximum Gasteiger partial charge on any atom is 0.0361 e. The van der Waals surface area contributed by atoms with Crippen molar-refractivity contribution in [1.29, 1.82) is 0 Å². The van der Waals surface area contributed by atoms with E-state index < -0.39 is 0 Å². The number of benzene rings is 6. The van der Waals surface area contributed by atoms with E-state index in [9.17, 15) is 0 Å². The van der Waals surface area contributed by atoms with E-state index in [0.29, 0.717) is 5.92 Å². The van der Waals surface area contributed by atoms with Crippen molar-refractivity contribution in [3.8, 4) is 22.3 Å². The quantitative estimate of drug-likeness (QED) is 0.200. The monoisotopic (exact) mass is 528 g/mol. The topological polar surface area (TPSA) is 0 Å². The Morgan fingerprint density at radius 1 is 0.575 bits per heavy atom. The summed E-state index contributed by atoms with van der Waals surface area (Å²) in [5.41, 5.74) is 7.82. The molecule has 0 saturated carbocycles. The van der Waals surface area contributed by atoms with Gasteiger partial charge >= 0.3 is 0 Å². The SMILES string of the molecule is CC1C=C(c2c3ccccc3c(-c3ccccc3)c3ccc(-c4cccc5sc6ccccc6c45)cc23)C=CC1. The molecular weight excluding hydrogens is 500 g/mol. The average molecular weight is 529 g/mol. The first-order valence-corrected chi connectivity index (χ1v) is 14.9. The zero-order valence-electron chi connectivity index (χ0n) is 22.4. The van der Waals surface area contributed by atoms with Crippen LogP contribution in [-0.4, -0.2) is 0 Å². The van der Waals surface area contributed by atoms with Crippen molar-refractivity contribution >= 4 is 58.6 Å². The molecule has 190 valence electrons. The van der Waals surface area contributed by atoms with Gasteiger partial charge < -0.3 is 0 Å². The number of allylic oxidation sites excluding steroid dienone is 4. The van der Waals surface area contributed by atoms with Gasteiger partial charge in [-0.2, -0.15) is 0 Å². The molecule has 1 unspecified atom stereocenters. The van der Waals surface area contributed by atoms with Crippen LogP contribution in [0.1, 0.15) is 18.9 Å². The van der Waals surface area contributed by atoms with Crippen molar-refractivity contribution in [2.45, 2.75) is 13.3 Å². The van der Waals surface area contributed by atoms with E-state index in [1.807, 2.05) is 11.3 Å². The fraction of sp³-hybridized carbons (Fsp3) is 0.0769. The van der Waals surface area contributed by atoms with Gasteiger partial charge in [0.05, 0.1) is 0 Å². The van der Waals surface area contributed by atoms with Crippen LogP contribution in [0.15, 0.2) is 133 Å². The number of rotatable bonds is 3. The fourth-order valence-corrected chi connectivity index (χ4v) is 7.73. The molecule has 0 N–H and O–H groups in total. The Kier molecular flexibility index (Phi) is 5.46. The Labute approximate surface area is 238 Å². The number of hydrogen-bond donors (Lipinski definition) is 0. The van der Waals surface area contributed by atoms with Crippen molar-refractivity contribution in [3.63, 3.8) is 0 Å². The summed E-state index contributed by atoms with van der Waals surface area (Å²) in [6.07, 6.45) is 8.24. The molecular formula is C39H28S. The predicted molar refractivity (Wildman–Crippen MR) is 176 cm³/mol. The maximum absolute atomic E-state index is 2.46. The molecule has 1 heterocycles. The molecule has 1 atom stereocenters. The molecule has 0 aliphatic heterocycles. The fourth-order valence-electron chi connectivity index (χ4n) is 6.59. The zero-order valence-corrected chi connectivity index (χ0v) is 23.2. The summed E-state index contributed by atoms with van der Waals surface area (Å²) in [5, 5.41) is 7.94. The van der Waals surface area contributed by atoms with Crippen LogP contribution in [0.5, 0.6) is 0 Å². The lowest BCUT2D eigenvalue weighted by Gasteiger charge is -2.21. The highest BCUT2D eigenvalue weighted by atomic mass is 32.1. The summed E-state index contributed by atoms with van der Waals surface area (Å²) in [7, 11) is 0. The van der Waals surface area contributed by atoms with Gasteiger partial charge in [0.2, 0.25) is 0 Å². The van der Waals surface area contributed by atoms with E-state index in [4.69, 9.17) is 0 Å².